The van der Waals surface area contributed by atoms with Gasteiger partial charge in [-0.3, -0.25) is 9.59 Å². The van der Waals surface area contributed by atoms with Gasteiger partial charge in [-0.05, 0) is 30.9 Å². The van der Waals surface area contributed by atoms with Gasteiger partial charge in [-0.15, -0.1) is 11.3 Å². The van der Waals surface area contributed by atoms with Crippen LogP contribution in [0.2, 0.25) is 0 Å². The first-order valence-corrected chi connectivity index (χ1v) is 10.6. The van der Waals surface area contributed by atoms with Crippen LogP contribution in [0, 0.1) is 11.8 Å². The molecule has 2 aliphatic rings. The van der Waals surface area contributed by atoms with E-state index in [2.05, 4.69) is 0 Å². The van der Waals surface area contributed by atoms with Crippen LogP contribution in [0.1, 0.15) is 24.6 Å². The van der Waals surface area contributed by atoms with Crippen molar-refractivity contribution in [2.24, 2.45) is 11.8 Å². The molecule has 9 heteroatoms. The van der Waals surface area contributed by atoms with Gasteiger partial charge in [0.05, 0.1) is 12.3 Å². The molecule has 2 saturated heterocycles. The summed E-state index contributed by atoms with van der Waals surface area (Å²) in [5, 5.41) is 9.16. The number of sulfonamides is 1. The fourth-order valence-electron chi connectivity index (χ4n) is 3.40. The van der Waals surface area contributed by atoms with Crippen LogP contribution in [0.5, 0.6) is 0 Å². The van der Waals surface area contributed by atoms with E-state index in [4.69, 9.17) is 5.11 Å². The molecule has 25 heavy (non-hydrogen) atoms. The smallest absolute Gasteiger partial charge is 0.308 e. The molecule has 0 spiro atoms. The van der Waals surface area contributed by atoms with E-state index in [0.29, 0.717) is 24.5 Å². The number of amides is 1. The first kappa shape index (κ1) is 18.3. The second kappa shape index (κ2) is 7.05. The van der Waals surface area contributed by atoms with Crippen LogP contribution in [-0.2, 0) is 26.0 Å². The highest BCUT2D eigenvalue weighted by Gasteiger charge is 2.37. The highest BCUT2D eigenvalue weighted by molar-refractivity contribution is 7.91. The Morgan fingerprint density at radius 2 is 1.92 bits per heavy atom. The highest BCUT2D eigenvalue weighted by atomic mass is 32.2. The van der Waals surface area contributed by atoms with Gasteiger partial charge in [-0.2, -0.15) is 4.31 Å². The summed E-state index contributed by atoms with van der Waals surface area (Å²) < 4.78 is 26.8. The van der Waals surface area contributed by atoms with Crippen molar-refractivity contribution in [1.82, 2.24) is 9.21 Å². The van der Waals surface area contributed by atoms with Crippen LogP contribution in [0.15, 0.2) is 16.3 Å². The molecule has 0 unspecified atom stereocenters. The summed E-state index contributed by atoms with van der Waals surface area (Å²) in [4.78, 5) is 25.9. The van der Waals surface area contributed by atoms with E-state index in [9.17, 15) is 18.0 Å². The molecule has 0 aromatic carbocycles. The lowest BCUT2D eigenvalue weighted by atomic mass is 9.99. The first-order valence-electron chi connectivity index (χ1n) is 8.38. The molecule has 1 N–H and O–H groups in total. The number of rotatable bonds is 5. The average molecular weight is 386 g/mol. The summed E-state index contributed by atoms with van der Waals surface area (Å²) in [5.74, 6) is -1.63. The summed E-state index contributed by atoms with van der Waals surface area (Å²) in [7, 11) is -3.45. The lowest BCUT2D eigenvalue weighted by molar-refractivity contribution is -0.142. The lowest BCUT2D eigenvalue weighted by Crippen LogP contribution is -2.31. The number of hydrogen-bond donors (Lipinski definition) is 1. The molecule has 3 rings (SSSR count). The summed E-state index contributed by atoms with van der Waals surface area (Å²) in [5.41, 5.74) is 0. The third kappa shape index (κ3) is 3.73. The normalized spacial score (nSPS) is 24.8. The number of hydrogen-bond acceptors (Lipinski definition) is 5. The predicted octanol–water partition coefficient (Wildman–Crippen LogP) is 1.25. The Labute approximate surface area is 151 Å². The topological polar surface area (TPSA) is 95.0 Å². The van der Waals surface area contributed by atoms with E-state index in [1.807, 2.05) is 6.92 Å². The number of aliphatic carboxylic acids is 1. The second-order valence-electron chi connectivity index (χ2n) is 6.73. The Hall–Kier alpha value is -1.45. The maximum absolute atomic E-state index is 12.5. The SMILES string of the molecule is C[C@@H]1CN(C(=O)Cc2ccc(S(=O)(=O)N3CCCC3)s2)C[C@H]1C(=O)O. The maximum atomic E-state index is 12.5. The Morgan fingerprint density at radius 1 is 1.24 bits per heavy atom. The van der Waals surface area contributed by atoms with Gasteiger partial charge < -0.3 is 10.0 Å². The van der Waals surface area contributed by atoms with Gasteiger partial charge >= 0.3 is 5.97 Å². The van der Waals surface area contributed by atoms with Crippen molar-refractivity contribution in [2.75, 3.05) is 26.2 Å². The molecule has 2 atom stereocenters. The molecule has 3 heterocycles. The maximum Gasteiger partial charge on any atom is 0.308 e. The minimum atomic E-state index is -3.45. The van der Waals surface area contributed by atoms with Crippen LogP contribution in [0.25, 0.3) is 0 Å². The molecule has 138 valence electrons. The molecule has 2 fully saturated rings. The minimum Gasteiger partial charge on any atom is -0.481 e. The van der Waals surface area contributed by atoms with Crippen molar-refractivity contribution < 1.29 is 23.1 Å². The van der Waals surface area contributed by atoms with Gasteiger partial charge in [0.15, 0.2) is 0 Å². The molecule has 0 radical (unpaired) electrons. The van der Waals surface area contributed by atoms with Crippen molar-refractivity contribution >= 4 is 33.2 Å². The van der Waals surface area contributed by atoms with Crippen LogP contribution < -0.4 is 0 Å². The highest BCUT2D eigenvalue weighted by Crippen LogP contribution is 2.29. The van der Waals surface area contributed by atoms with Gasteiger partial charge in [0, 0.05) is 31.1 Å². The van der Waals surface area contributed by atoms with Crippen LogP contribution >= 0.6 is 11.3 Å². The Kier molecular flexibility index (Phi) is 5.17. The van der Waals surface area contributed by atoms with Gasteiger partial charge in [-0.25, -0.2) is 8.42 Å². The van der Waals surface area contributed by atoms with E-state index in [1.54, 1.807) is 17.0 Å². The lowest BCUT2D eigenvalue weighted by Gasteiger charge is -2.15. The number of likely N-dealkylation sites (tertiary alicyclic amines) is 1. The Bertz CT molecular complexity index is 767. The van der Waals surface area contributed by atoms with Gasteiger partial charge in [-0.1, -0.05) is 6.92 Å². The monoisotopic (exact) mass is 386 g/mol. The summed E-state index contributed by atoms with van der Waals surface area (Å²) >= 11 is 1.13. The van der Waals surface area contributed by atoms with Crippen LogP contribution in [0.4, 0.5) is 0 Å². The van der Waals surface area contributed by atoms with Gasteiger partial charge in [0.2, 0.25) is 5.91 Å². The van der Waals surface area contributed by atoms with E-state index < -0.39 is 21.9 Å². The zero-order chi connectivity index (χ0) is 18.2. The zero-order valence-corrected chi connectivity index (χ0v) is 15.7. The number of carbonyl (C=O) groups is 2. The predicted molar refractivity (Wildman–Crippen MR) is 92.9 cm³/mol. The average Bonchev–Trinajstić information content (AvgIpc) is 3.27. The Morgan fingerprint density at radius 3 is 2.52 bits per heavy atom. The van der Waals surface area contributed by atoms with Crippen molar-refractivity contribution in [1.29, 1.82) is 0 Å². The number of thiophene rings is 1. The van der Waals surface area contributed by atoms with E-state index in [0.717, 1.165) is 24.2 Å². The molecule has 1 amide bonds. The van der Waals surface area contributed by atoms with Crippen LogP contribution in [-0.4, -0.2) is 60.8 Å². The molecule has 2 aliphatic heterocycles. The van der Waals surface area contributed by atoms with E-state index in [-0.39, 0.29) is 29.0 Å². The van der Waals surface area contributed by atoms with E-state index >= 15 is 0 Å². The number of carboxylic acid groups (broad SMARTS) is 1. The van der Waals surface area contributed by atoms with Crippen LogP contribution in [0.3, 0.4) is 0 Å². The molecule has 0 bridgehead atoms. The third-order valence-electron chi connectivity index (χ3n) is 4.90. The molecule has 1 aromatic rings. The van der Waals surface area contributed by atoms with Gasteiger partial charge in [0.25, 0.3) is 10.0 Å². The fraction of sp³-hybridized carbons (Fsp3) is 0.625. The molecular weight excluding hydrogens is 364 g/mol. The molecule has 0 aliphatic carbocycles. The van der Waals surface area contributed by atoms with Crippen molar-refractivity contribution in [3.8, 4) is 0 Å². The van der Waals surface area contributed by atoms with Gasteiger partial charge in [0.1, 0.15) is 4.21 Å². The second-order valence-corrected chi connectivity index (χ2v) is 10.1. The number of carbonyl (C=O) groups excluding carboxylic acids is 1. The standard InChI is InChI=1S/C16H22N2O5S2/c1-11-9-17(10-13(11)16(20)21)14(19)8-12-4-5-15(24-12)25(22,23)18-6-2-3-7-18/h4-5,11,13H,2-3,6-10H2,1H3,(H,20,21)/t11-,13-/m1/s1. The molecule has 0 saturated carbocycles. The fourth-order valence-corrected chi connectivity index (χ4v) is 6.42. The van der Waals surface area contributed by atoms with Crippen molar-refractivity contribution in [3.63, 3.8) is 0 Å². The number of carboxylic acids is 1. The zero-order valence-electron chi connectivity index (χ0n) is 14.1. The number of nitrogens with zero attached hydrogens (tertiary/aromatic N) is 2. The third-order valence-corrected chi connectivity index (χ3v) is 8.36. The largest absolute Gasteiger partial charge is 0.481 e. The quantitative estimate of drug-likeness (QED) is 0.822. The molecule has 7 nitrogen and oxygen atoms in total. The summed E-state index contributed by atoms with van der Waals surface area (Å²) in [6.07, 6.45) is 1.88. The minimum absolute atomic E-state index is 0.0732. The summed E-state index contributed by atoms with van der Waals surface area (Å²) in [6.45, 7) is 3.59. The molecule has 1 aromatic heterocycles. The first-order chi connectivity index (χ1) is 11.8. The van der Waals surface area contributed by atoms with Crippen molar-refractivity contribution in [2.45, 2.75) is 30.4 Å². The van der Waals surface area contributed by atoms with Crippen molar-refractivity contribution in [3.05, 3.63) is 17.0 Å². The van der Waals surface area contributed by atoms with E-state index in [1.165, 1.54) is 4.31 Å². The Balaban J connectivity index is 1.65. The summed E-state index contributed by atoms with van der Waals surface area (Å²) in [6, 6.07) is 3.24. The molecular formula is C16H22N2O5S2.